The molecule has 1 fully saturated rings. The molecule has 17 heteroatoms. The van der Waals surface area contributed by atoms with Gasteiger partial charge in [0.05, 0.1) is 11.3 Å². The third-order valence-electron chi connectivity index (χ3n) is 5.07. The van der Waals surface area contributed by atoms with E-state index in [0.29, 0.717) is 45.2 Å². The highest BCUT2D eigenvalue weighted by molar-refractivity contribution is 8.02. The zero-order chi connectivity index (χ0) is 25.8. The van der Waals surface area contributed by atoms with E-state index < -0.39 is 29.2 Å². The number of rotatable bonds is 11. The molecule has 4 heterocycles. The monoisotopic (exact) mass is 568 g/mol. The van der Waals surface area contributed by atoms with Crippen LogP contribution in [0.2, 0.25) is 0 Å². The number of amides is 3. The van der Waals surface area contributed by atoms with Crippen molar-refractivity contribution in [3.8, 4) is 0 Å². The second-order valence-electron chi connectivity index (χ2n) is 7.28. The topological polar surface area (TPSA) is 172 Å². The Morgan fingerprint density at radius 2 is 2.19 bits per heavy atom. The molecule has 36 heavy (non-hydrogen) atoms. The number of carbonyl (C=O) groups excluding carboxylic acids is 3. The van der Waals surface area contributed by atoms with Crippen LogP contribution in [0.3, 0.4) is 0 Å². The summed E-state index contributed by atoms with van der Waals surface area (Å²) < 4.78 is 1.48. The van der Waals surface area contributed by atoms with Gasteiger partial charge in [-0.25, -0.2) is 14.5 Å². The Labute approximate surface area is 221 Å². The molecule has 3 N–H and O–H groups in total. The maximum atomic E-state index is 13.1. The molecular formula is C19H20N8O5S4. The summed E-state index contributed by atoms with van der Waals surface area (Å²) in [4.78, 5) is 54.4. The van der Waals surface area contributed by atoms with E-state index in [-0.39, 0.29) is 11.3 Å². The van der Waals surface area contributed by atoms with Crippen molar-refractivity contribution in [2.24, 2.45) is 7.05 Å². The molecule has 0 aliphatic carbocycles. The lowest BCUT2D eigenvalue weighted by molar-refractivity contribution is -0.150. The summed E-state index contributed by atoms with van der Waals surface area (Å²) in [5, 5.41) is 29.9. The van der Waals surface area contributed by atoms with Gasteiger partial charge in [-0.1, -0.05) is 18.7 Å². The molecule has 2 aliphatic rings. The van der Waals surface area contributed by atoms with Crippen LogP contribution in [0.1, 0.15) is 12.6 Å². The zero-order valence-corrected chi connectivity index (χ0v) is 22.2. The van der Waals surface area contributed by atoms with Gasteiger partial charge in [0.25, 0.3) is 11.8 Å². The van der Waals surface area contributed by atoms with Crippen LogP contribution < -0.4 is 10.6 Å². The fourth-order valence-electron chi connectivity index (χ4n) is 3.42. The average molecular weight is 569 g/mol. The minimum Gasteiger partial charge on any atom is -0.477 e. The number of carboxylic acids is 1. The second-order valence-corrected chi connectivity index (χ2v) is 11.3. The Morgan fingerprint density at radius 1 is 1.39 bits per heavy atom. The molecule has 0 saturated carbocycles. The highest BCUT2D eigenvalue weighted by Gasteiger charge is 2.54. The fraction of sp³-hybridized carbons (Fsp3) is 0.368. The molecule has 0 aromatic carbocycles. The minimum absolute atomic E-state index is 0.0711. The molecular weight excluding hydrogens is 549 g/mol. The Balaban J connectivity index is 1.49. The van der Waals surface area contributed by atoms with E-state index in [2.05, 4.69) is 31.1 Å². The van der Waals surface area contributed by atoms with E-state index in [0.717, 1.165) is 0 Å². The lowest BCUT2D eigenvalue weighted by atomic mass is 10.0. The quantitative estimate of drug-likeness (QED) is 0.151. The van der Waals surface area contributed by atoms with Crippen LogP contribution in [-0.2, 0) is 26.2 Å². The van der Waals surface area contributed by atoms with Gasteiger partial charge in [0.1, 0.15) is 17.1 Å². The number of thioether (sulfide) groups is 3. The number of nitrogens with one attached hydrogen (secondary N) is 2. The number of tetrazole rings is 1. The maximum absolute atomic E-state index is 13.1. The minimum atomic E-state index is -1.21. The molecule has 2 aromatic heterocycles. The van der Waals surface area contributed by atoms with Gasteiger partial charge in [0.2, 0.25) is 11.6 Å². The van der Waals surface area contributed by atoms with E-state index >= 15 is 0 Å². The lowest BCUT2D eigenvalue weighted by Gasteiger charge is -2.49. The van der Waals surface area contributed by atoms with Crippen LogP contribution in [0.25, 0.3) is 5.57 Å². The number of thiazole rings is 1. The number of aromatic nitrogens is 5. The van der Waals surface area contributed by atoms with E-state index in [9.17, 15) is 24.3 Å². The van der Waals surface area contributed by atoms with Gasteiger partial charge in [0.15, 0.2) is 5.13 Å². The third-order valence-corrected chi connectivity index (χ3v) is 9.01. The largest absolute Gasteiger partial charge is 0.477 e. The SMILES string of the molecule is CCSC=C(C(=O)NC1C(=O)N2C(C(=O)O)=C(CSc3nnnn3C)CS[C@H]12)c1csc(NC=O)n1. The van der Waals surface area contributed by atoms with Gasteiger partial charge in [-0.2, -0.15) is 0 Å². The summed E-state index contributed by atoms with van der Waals surface area (Å²) in [6, 6.07) is -0.879. The van der Waals surface area contributed by atoms with Crippen molar-refractivity contribution in [1.82, 2.24) is 35.4 Å². The van der Waals surface area contributed by atoms with E-state index in [1.165, 1.54) is 56.2 Å². The number of hydrogen-bond acceptors (Lipinski definition) is 12. The first-order valence-corrected chi connectivity index (χ1v) is 14.4. The molecule has 3 amide bonds. The first kappa shape index (κ1) is 26.2. The second kappa shape index (κ2) is 11.4. The van der Waals surface area contributed by atoms with Crippen LogP contribution in [-0.4, -0.2) is 88.1 Å². The Bertz CT molecular complexity index is 1260. The fourth-order valence-corrected chi connectivity index (χ4v) is 6.99. The highest BCUT2D eigenvalue weighted by atomic mass is 32.2. The van der Waals surface area contributed by atoms with Gasteiger partial charge < -0.3 is 15.7 Å². The summed E-state index contributed by atoms with van der Waals surface area (Å²) in [5.74, 6) is -0.810. The van der Waals surface area contributed by atoms with Gasteiger partial charge in [0, 0.05) is 23.9 Å². The van der Waals surface area contributed by atoms with Gasteiger partial charge in [-0.15, -0.1) is 40.0 Å². The highest BCUT2D eigenvalue weighted by Crippen LogP contribution is 2.41. The van der Waals surface area contributed by atoms with Crippen molar-refractivity contribution in [2.75, 3.05) is 22.6 Å². The average Bonchev–Trinajstić information content (AvgIpc) is 3.49. The van der Waals surface area contributed by atoms with Crippen molar-refractivity contribution < 1.29 is 24.3 Å². The van der Waals surface area contributed by atoms with Crippen LogP contribution in [0.15, 0.2) is 27.2 Å². The van der Waals surface area contributed by atoms with Gasteiger partial charge >= 0.3 is 5.97 Å². The van der Waals surface area contributed by atoms with Crippen LogP contribution in [0, 0.1) is 0 Å². The number of carboxylic acid groups (broad SMARTS) is 1. The Hall–Kier alpha value is -2.89. The molecule has 1 unspecified atom stereocenters. The molecule has 0 bridgehead atoms. The summed E-state index contributed by atoms with van der Waals surface area (Å²) >= 11 is 5.23. The predicted octanol–water partition coefficient (Wildman–Crippen LogP) is 0.860. The molecule has 2 aliphatic heterocycles. The van der Waals surface area contributed by atoms with Crippen molar-refractivity contribution in [3.63, 3.8) is 0 Å². The van der Waals surface area contributed by atoms with Crippen LogP contribution in [0.4, 0.5) is 5.13 Å². The van der Waals surface area contributed by atoms with E-state index in [1.807, 2.05) is 6.92 Å². The van der Waals surface area contributed by atoms with Crippen LogP contribution in [0.5, 0.6) is 0 Å². The molecule has 13 nitrogen and oxygen atoms in total. The molecule has 1 saturated heterocycles. The van der Waals surface area contributed by atoms with Gasteiger partial charge in [-0.05, 0) is 27.2 Å². The number of hydrogen-bond donors (Lipinski definition) is 3. The van der Waals surface area contributed by atoms with E-state index in [1.54, 1.807) is 17.8 Å². The van der Waals surface area contributed by atoms with Crippen LogP contribution >= 0.6 is 46.6 Å². The molecule has 2 atom stereocenters. The number of fused-ring (bicyclic) bond motifs is 1. The van der Waals surface area contributed by atoms with Crippen molar-refractivity contribution >= 4 is 81.5 Å². The smallest absolute Gasteiger partial charge is 0.352 e. The van der Waals surface area contributed by atoms with Gasteiger partial charge in [-0.3, -0.25) is 19.3 Å². The standard InChI is InChI=1S/C19H20N8O5S4/c1-3-33-6-10(11-7-35-18(21-11)20-8-28)14(29)22-12-15(30)27-13(17(31)32)9(4-34-16(12)27)5-36-19-23-24-25-26(19)2/h6-8,12,16H,3-5H2,1-2H3,(H,22,29)(H,31,32)(H,20,21,28)/t12?,16-/m1/s1. The number of anilines is 1. The number of aryl methyl sites for hydroxylation is 1. The lowest BCUT2D eigenvalue weighted by Crippen LogP contribution is -2.70. The number of carbonyl (C=O) groups is 4. The predicted molar refractivity (Wildman–Crippen MR) is 137 cm³/mol. The zero-order valence-electron chi connectivity index (χ0n) is 18.9. The summed E-state index contributed by atoms with van der Waals surface area (Å²) in [6.07, 6.45) is 0.499. The molecule has 2 aromatic rings. The molecule has 0 spiro atoms. The molecule has 190 valence electrons. The summed E-state index contributed by atoms with van der Waals surface area (Å²) in [7, 11) is 1.68. The first-order valence-electron chi connectivity index (χ1n) is 10.4. The number of β-lactam (4-membered cyclic amide) rings is 1. The Morgan fingerprint density at radius 3 is 2.86 bits per heavy atom. The van der Waals surface area contributed by atoms with Crippen molar-refractivity contribution in [3.05, 3.63) is 27.8 Å². The third kappa shape index (κ3) is 5.28. The number of aliphatic carboxylic acids is 1. The van der Waals surface area contributed by atoms with Crippen molar-refractivity contribution in [1.29, 1.82) is 0 Å². The van der Waals surface area contributed by atoms with E-state index in [4.69, 9.17) is 0 Å². The first-order chi connectivity index (χ1) is 17.3. The summed E-state index contributed by atoms with van der Waals surface area (Å²) in [5.41, 5.74) is 1.13. The molecule has 4 rings (SSSR count). The molecule has 0 radical (unpaired) electrons. The Kier molecular flexibility index (Phi) is 8.32. The van der Waals surface area contributed by atoms with Crippen molar-refractivity contribution in [2.45, 2.75) is 23.5 Å². The normalized spacial score (nSPS) is 19.6. The summed E-state index contributed by atoms with van der Waals surface area (Å²) in [6.45, 7) is 1.93. The number of nitrogens with zero attached hydrogens (tertiary/aromatic N) is 6. The maximum Gasteiger partial charge on any atom is 0.352 e.